The predicted octanol–water partition coefficient (Wildman–Crippen LogP) is 2.68. The minimum absolute atomic E-state index is 0.0749. The number of nitrogens with zero attached hydrogens (tertiary/aromatic N) is 3. The van der Waals surface area contributed by atoms with Crippen molar-refractivity contribution in [1.82, 2.24) is 9.80 Å². The second kappa shape index (κ2) is 11.7. The summed E-state index contributed by atoms with van der Waals surface area (Å²) in [6.45, 7) is 2.53. The third-order valence-electron chi connectivity index (χ3n) is 5.44. The van der Waals surface area contributed by atoms with Gasteiger partial charge in [-0.05, 0) is 31.9 Å². The van der Waals surface area contributed by atoms with Crippen molar-refractivity contribution in [2.75, 3.05) is 45.2 Å². The molecular weight excluding hydrogens is 461 g/mol. The molecule has 0 bridgehead atoms. The molecule has 0 spiro atoms. The van der Waals surface area contributed by atoms with E-state index < -0.39 is 28.3 Å². The fourth-order valence-electron chi connectivity index (χ4n) is 3.52. The van der Waals surface area contributed by atoms with Crippen molar-refractivity contribution in [3.05, 3.63) is 33.9 Å². The van der Waals surface area contributed by atoms with Crippen LogP contribution in [0.15, 0.2) is 18.2 Å². The van der Waals surface area contributed by atoms with Crippen molar-refractivity contribution in [3.8, 4) is 0 Å². The molecule has 1 heterocycles. The number of carbonyl (C=O) groups is 3. The number of nitro groups is 1. The Balaban J connectivity index is 1.83. The van der Waals surface area contributed by atoms with E-state index >= 15 is 0 Å². The summed E-state index contributed by atoms with van der Waals surface area (Å²) in [5.74, 6) is -1.22. The van der Waals surface area contributed by atoms with Gasteiger partial charge in [0.05, 0.1) is 29.6 Å². The number of benzene rings is 1. The Kier molecular flexibility index (Phi) is 9.21. The summed E-state index contributed by atoms with van der Waals surface area (Å²) < 4.78 is 43.4. The number of likely N-dealkylation sites (tertiary alicyclic amines) is 1. The maximum absolute atomic E-state index is 12.8. The van der Waals surface area contributed by atoms with E-state index in [0.717, 1.165) is 6.07 Å². The van der Waals surface area contributed by atoms with Gasteiger partial charge in [0.15, 0.2) is 0 Å². The normalized spacial score (nSPS) is 14.4. The summed E-state index contributed by atoms with van der Waals surface area (Å²) in [5.41, 5.74) is -2.05. The number of ether oxygens (including phenoxy) is 1. The average Bonchev–Trinajstić information content (AvgIpc) is 2.78. The molecule has 2 rings (SSSR count). The van der Waals surface area contributed by atoms with Gasteiger partial charge in [-0.3, -0.25) is 24.5 Å². The Hall–Kier alpha value is -3.38. The summed E-state index contributed by atoms with van der Waals surface area (Å²) in [6, 6.07) is 2.09. The molecule has 0 unspecified atom stereocenters. The third-order valence-corrected chi connectivity index (χ3v) is 5.44. The number of nitro benzene ring substituents is 1. The number of likely N-dealkylation sites (N-methyl/N-ethyl adjacent to an activating group) is 1. The molecule has 2 amide bonds. The number of amides is 2. The second-order valence-electron chi connectivity index (χ2n) is 7.82. The monoisotopic (exact) mass is 488 g/mol. The van der Waals surface area contributed by atoms with E-state index in [-0.39, 0.29) is 43.0 Å². The van der Waals surface area contributed by atoms with Crippen LogP contribution in [0.5, 0.6) is 0 Å². The van der Waals surface area contributed by atoms with Crippen LogP contribution >= 0.6 is 0 Å². The largest absolute Gasteiger partial charge is 0.466 e. The highest BCUT2D eigenvalue weighted by molar-refractivity contribution is 5.85. The number of halogens is 3. The molecule has 10 nitrogen and oxygen atoms in total. The van der Waals surface area contributed by atoms with Gasteiger partial charge in [-0.2, -0.15) is 13.2 Å². The van der Waals surface area contributed by atoms with Gasteiger partial charge in [0, 0.05) is 39.2 Å². The van der Waals surface area contributed by atoms with Gasteiger partial charge in [0.1, 0.15) is 5.69 Å². The molecule has 1 N–H and O–H groups in total. The first-order valence-corrected chi connectivity index (χ1v) is 10.7. The molecule has 0 aromatic heterocycles. The molecule has 0 saturated carbocycles. The Morgan fingerprint density at radius 1 is 1.26 bits per heavy atom. The Labute approximate surface area is 194 Å². The quantitative estimate of drug-likeness (QED) is 0.322. The topological polar surface area (TPSA) is 122 Å². The van der Waals surface area contributed by atoms with Crippen LogP contribution in [0.25, 0.3) is 0 Å². The van der Waals surface area contributed by atoms with Crippen LogP contribution in [0.1, 0.15) is 31.7 Å². The number of rotatable bonds is 9. The lowest BCUT2D eigenvalue weighted by molar-refractivity contribution is -0.384. The van der Waals surface area contributed by atoms with Gasteiger partial charge < -0.3 is 19.9 Å². The maximum Gasteiger partial charge on any atom is 0.416 e. The standard InChI is InChI=1S/C21H27F3N4O6/c1-3-34-20(31)14-7-10-27(11-8-14)19(30)13-26(2)18(29)6-9-25-16-5-4-15(21(22,23)24)12-17(16)28(32)33/h4-5,12,14,25H,3,6-11,13H2,1-2H3. The van der Waals surface area contributed by atoms with E-state index in [1.165, 1.54) is 11.9 Å². The molecule has 0 aliphatic carbocycles. The molecule has 1 aromatic rings. The summed E-state index contributed by atoms with van der Waals surface area (Å²) in [7, 11) is 1.44. The number of hydrogen-bond donors (Lipinski definition) is 1. The molecule has 188 valence electrons. The number of nitrogens with one attached hydrogen (secondary N) is 1. The molecule has 0 atom stereocenters. The SMILES string of the molecule is CCOC(=O)C1CCN(C(=O)CN(C)C(=O)CCNc2ccc(C(F)(F)F)cc2[N+](=O)[O-])CC1. The van der Waals surface area contributed by atoms with Gasteiger partial charge in [0.25, 0.3) is 5.69 Å². The number of carbonyl (C=O) groups excluding carboxylic acids is 3. The molecule has 1 aliphatic rings. The zero-order valence-corrected chi connectivity index (χ0v) is 18.9. The van der Waals surface area contributed by atoms with Gasteiger partial charge >= 0.3 is 12.1 Å². The molecule has 1 fully saturated rings. The number of esters is 1. The number of anilines is 1. The predicted molar refractivity (Wildman–Crippen MR) is 115 cm³/mol. The van der Waals surface area contributed by atoms with Crippen LogP contribution in [0.4, 0.5) is 24.5 Å². The van der Waals surface area contributed by atoms with Gasteiger partial charge in [-0.25, -0.2) is 0 Å². The third kappa shape index (κ3) is 7.32. The summed E-state index contributed by atoms with van der Waals surface area (Å²) >= 11 is 0. The van der Waals surface area contributed by atoms with E-state index in [0.29, 0.717) is 44.7 Å². The lowest BCUT2D eigenvalue weighted by atomic mass is 9.97. The van der Waals surface area contributed by atoms with Crippen LogP contribution in [0.2, 0.25) is 0 Å². The second-order valence-corrected chi connectivity index (χ2v) is 7.82. The molecule has 34 heavy (non-hydrogen) atoms. The van der Waals surface area contributed by atoms with Gasteiger partial charge in [-0.1, -0.05) is 0 Å². The first-order chi connectivity index (χ1) is 15.9. The van der Waals surface area contributed by atoms with E-state index in [2.05, 4.69) is 5.32 Å². The minimum Gasteiger partial charge on any atom is -0.466 e. The Bertz CT molecular complexity index is 916. The first-order valence-electron chi connectivity index (χ1n) is 10.7. The Morgan fingerprint density at radius 2 is 1.91 bits per heavy atom. The van der Waals surface area contributed by atoms with Crippen LogP contribution in [0, 0.1) is 16.0 Å². The molecule has 1 aromatic carbocycles. The number of alkyl halides is 3. The van der Waals surface area contributed by atoms with E-state index in [4.69, 9.17) is 4.74 Å². The van der Waals surface area contributed by atoms with Crippen molar-refractivity contribution in [2.24, 2.45) is 5.92 Å². The maximum atomic E-state index is 12.8. The highest BCUT2D eigenvalue weighted by atomic mass is 19.4. The van der Waals surface area contributed by atoms with Crippen molar-refractivity contribution < 1.29 is 37.2 Å². The van der Waals surface area contributed by atoms with Crippen LogP contribution in [0.3, 0.4) is 0 Å². The molecule has 1 aliphatic heterocycles. The van der Waals surface area contributed by atoms with E-state index in [9.17, 15) is 37.7 Å². The van der Waals surface area contributed by atoms with Crippen molar-refractivity contribution in [2.45, 2.75) is 32.4 Å². The van der Waals surface area contributed by atoms with Crippen molar-refractivity contribution in [1.29, 1.82) is 0 Å². The molecule has 0 radical (unpaired) electrons. The summed E-state index contributed by atoms with van der Waals surface area (Å²) in [4.78, 5) is 49.6. The zero-order chi connectivity index (χ0) is 25.5. The first kappa shape index (κ1) is 26.9. The van der Waals surface area contributed by atoms with Gasteiger partial charge in [-0.15, -0.1) is 0 Å². The fraction of sp³-hybridized carbons (Fsp3) is 0.571. The smallest absolute Gasteiger partial charge is 0.416 e. The Morgan fingerprint density at radius 3 is 2.47 bits per heavy atom. The van der Waals surface area contributed by atoms with E-state index in [1.807, 2.05) is 0 Å². The highest BCUT2D eigenvalue weighted by Crippen LogP contribution is 2.34. The van der Waals surface area contributed by atoms with E-state index in [1.54, 1.807) is 11.8 Å². The summed E-state index contributed by atoms with van der Waals surface area (Å²) in [6.07, 6.45) is -3.88. The minimum atomic E-state index is -4.72. The average molecular weight is 488 g/mol. The van der Waals surface area contributed by atoms with Crippen LogP contribution in [-0.2, 0) is 25.3 Å². The number of hydrogen-bond acceptors (Lipinski definition) is 7. The highest BCUT2D eigenvalue weighted by Gasteiger charge is 2.33. The van der Waals surface area contributed by atoms with Crippen LogP contribution in [-0.4, -0.2) is 72.3 Å². The van der Waals surface area contributed by atoms with Crippen molar-refractivity contribution >= 4 is 29.2 Å². The van der Waals surface area contributed by atoms with Crippen molar-refractivity contribution in [3.63, 3.8) is 0 Å². The fourth-order valence-corrected chi connectivity index (χ4v) is 3.52. The molecule has 13 heteroatoms. The summed E-state index contributed by atoms with van der Waals surface area (Å²) in [5, 5.41) is 13.7. The molecule has 1 saturated heterocycles. The number of piperidine rings is 1. The zero-order valence-electron chi connectivity index (χ0n) is 18.9. The van der Waals surface area contributed by atoms with Crippen LogP contribution < -0.4 is 5.32 Å². The lowest BCUT2D eigenvalue weighted by Gasteiger charge is -2.32. The molecular formula is C21H27F3N4O6. The van der Waals surface area contributed by atoms with Gasteiger partial charge in [0.2, 0.25) is 11.8 Å². The lowest BCUT2D eigenvalue weighted by Crippen LogP contribution is -2.45.